The quantitative estimate of drug-likeness (QED) is 0.181. The predicted octanol–water partition coefficient (Wildman–Crippen LogP) is 8.14. The molecule has 0 saturated carbocycles. The van der Waals surface area contributed by atoms with Crippen LogP contribution < -0.4 is 10.1 Å². The van der Waals surface area contributed by atoms with Crippen molar-refractivity contribution in [2.45, 2.75) is 6.61 Å². The number of anilines is 1. The Kier molecular flexibility index (Phi) is 7.69. The normalized spacial score (nSPS) is 11.2. The van der Waals surface area contributed by atoms with Gasteiger partial charge in [-0.25, -0.2) is 0 Å². The highest BCUT2D eigenvalue weighted by Gasteiger charge is 2.13. The first kappa shape index (κ1) is 24.0. The van der Waals surface area contributed by atoms with Crippen LogP contribution in [0.1, 0.15) is 11.1 Å². The monoisotopic (exact) mass is 594 g/mol. The van der Waals surface area contributed by atoms with Crippen LogP contribution in [0.25, 0.3) is 16.8 Å². The highest BCUT2D eigenvalue weighted by molar-refractivity contribution is 9.10. The lowest BCUT2D eigenvalue weighted by molar-refractivity contribution is -0.112. The summed E-state index contributed by atoms with van der Waals surface area (Å²) in [6.07, 6.45) is 1.49. The average molecular weight is 597 g/mol. The van der Waals surface area contributed by atoms with Crippen molar-refractivity contribution >= 4 is 71.9 Å². The summed E-state index contributed by atoms with van der Waals surface area (Å²) in [6, 6.07) is 26.6. The van der Waals surface area contributed by atoms with E-state index in [1.807, 2.05) is 30.3 Å². The Morgan fingerprint density at radius 3 is 2.50 bits per heavy atom. The van der Waals surface area contributed by atoms with Crippen LogP contribution in [-0.2, 0) is 11.4 Å². The molecule has 0 aromatic heterocycles. The van der Waals surface area contributed by atoms with Crippen molar-refractivity contribution in [3.8, 4) is 11.8 Å². The SMILES string of the molecule is N#C/C(=C/c1cc(Cl)c(OCc2cccc3ccccc23)c(Br)c1)C(=O)Nc1ccc(Br)cc1. The molecular weight excluding hydrogens is 580 g/mol. The zero-order chi connectivity index (χ0) is 24.1. The lowest BCUT2D eigenvalue weighted by Gasteiger charge is -2.13. The van der Waals surface area contributed by atoms with Crippen molar-refractivity contribution in [3.63, 3.8) is 0 Å². The maximum Gasteiger partial charge on any atom is 0.266 e. The van der Waals surface area contributed by atoms with Crippen LogP contribution in [0.3, 0.4) is 0 Å². The zero-order valence-electron chi connectivity index (χ0n) is 17.7. The van der Waals surface area contributed by atoms with Gasteiger partial charge >= 0.3 is 0 Å². The third kappa shape index (κ3) is 5.68. The summed E-state index contributed by atoms with van der Waals surface area (Å²) in [6.45, 7) is 0.341. The van der Waals surface area contributed by atoms with Crippen LogP contribution in [0.5, 0.6) is 5.75 Å². The van der Waals surface area contributed by atoms with Gasteiger partial charge in [0, 0.05) is 10.2 Å². The Bertz CT molecular complexity index is 1420. The van der Waals surface area contributed by atoms with Gasteiger partial charge in [0.05, 0.1) is 9.50 Å². The number of nitrogens with zero attached hydrogens (tertiary/aromatic N) is 1. The van der Waals surface area contributed by atoms with Crippen LogP contribution in [0, 0.1) is 11.3 Å². The number of carbonyl (C=O) groups is 1. The number of benzene rings is 4. The number of hydrogen-bond donors (Lipinski definition) is 1. The van der Waals surface area contributed by atoms with Crippen LogP contribution in [0.15, 0.2) is 93.4 Å². The minimum Gasteiger partial charge on any atom is -0.486 e. The van der Waals surface area contributed by atoms with Gasteiger partial charge in [0.25, 0.3) is 5.91 Å². The predicted molar refractivity (Wildman–Crippen MR) is 144 cm³/mol. The molecule has 1 amide bonds. The molecule has 0 heterocycles. The lowest BCUT2D eigenvalue weighted by Crippen LogP contribution is -2.13. The van der Waals surface area contributed by atoms with E-state index >= 15 is 0 Å². The van der Waals surface area contributed by atoms with Crippen molar-refractivity contribution in [1.82, 2.24) is 0 Å². The standard InChI is InChI=1S/C27H17Br2ClN2O2/c28-21-8-10-22(11-9-21)32-27(33)20(15-31)12-17-13-24(29)26(25(30)14-17)34-16-19-6-3-5-18-4-1-2-7-23(18)19/h1-14H,16H2,(H,32,33)/b20-12-. The van der Waals surface area contributed by atoms with Gasteiger partial charge in [0.2, 0.25) is 0 Å². The van der Waals surface area contributed by atoms with Gasteiger partial charge in [0.1, 0.15) is 18.2 Å². The molecule has 4 rings (SSSR count). The number of nitrogens with one attached hydrogen (secondary N) is 1. The highest BCUT2D eigenvalue weighted by atomic mass is 79.9. The average Bonchev–Trinajstić information content (AvgIpc) is 2.83. The Morgan fingerprint density at radius 2 is 1.76 bits per heavy atom. The molecule has 0 aliphatic carbocycles. The van der Waals surface area contributed by atoms with E-state index in [-0.39, 0.29) is 5.57 Å². The minimum absolute atomic E-state index is 0.0460. The number of nitriles is 1. The zero-order valence-corrected chi connectivity index (χ0v) is 21.6. The molecule has 0 unspecified atom stereocenters. The topological polar surface area (TPSA) is 62.1 Å². The number of rotatable bonds is 6. The van der Waals surface area contributed by atoms with E-state index < -0.39 is 5.91 Å². The molecule has 168 valence electrons. The first-order valence-corrected chi connectivity index (χ1v) is 12.2. The largest absolute Gasteiger partial charge is 0.486 e. The second-order valence-corrected chi connectivity index (χ2v) is 9.55. The smallest absolute Gasteiger partial charge is 0.266 e. The van der Waals surface area contributed by atoms with Crippen LogP contribution in [0.4, 0.5) is 5.69 Å². The second kappa shape index (κ2) is 10.9. The Balaban J connectivity index is 1.53. The molecule has 34 heavy (non-hydrogen) atoms. The number of hydrogen-bond acceptors (Lipinski definition) is 3. The molecule has 4 nitrogen and oxygen atoms in total. The van der Waals surface area contributed by atoms with E-state index in [0.29, 0.717) is 33.1 Å². The number of amides is 1. The van der Waals surface area contributed by atoms with Gasteiger partial charge in [-0.1, -0.05) is 70.0 Å². The molecule has 4 aromatic carbocycles. The molecule has 0 aliphatic heterocycles. The van der Waals surface area contributed by atoms with Crippen molar-refractivity contribution in [1.29, 1.82) is 5.26 Å². The molecule has 0 aliphatic rings. The Hall–Kier alpha value is -3.11. The first-order valence-electron chi connectivity index (χ1n) is 10.2. The van der Waals surface area contributed by atoms with E-state index in [1.54, 1.807) is 36.4 Å². The van der Waals surface area contributed by atoms with Crippen LogP contribution in [-0.4, -0.2) is 5.91 Å². The molecule has 0 atom stereocenters. The molecule has 0 fully saturated rings. The lowest BCUT2D eigenvalue weighted by atomic mass is 10.1. The van der Waals surface area contributed by atoms with E-state index in [9.17, 15) is 10.1 Å². The molecule has 7 heteroatoms. The van der Waals surface area contributed by atoms with E-state index in [0.717, 1.165) is 20.8 Å². The minimum atomic E-state index is -0.506. The fourth-order valence-electron chi connectivity index (χ4n) is 3.42. The van der Waals surface area contributed by atoms with Crippen molar-refractivity contribution in [2.24, 2.45) is 0 Å². The number of carbonyl (C=O) groups excluding carboxylic acids is 1. The molecule has 0 spiro atoms. The maximum absolute atomic E-state index is 12.6. The van der Waals surface area contributed by atoms with Gasteiger partial charge in [-0.15, -0.1) is 0 Å². The van der Waals surface area contributed by atoms with Gasteiger partial charge in [-0.2, -0.15) is 5.26 Å². The van der Waals surface area contributed by atoms with Gasteiger partial charge in [-0.3, -0.25) is 4.79 Å². The van der Waals surface area contributed by atoms with Gasteiger partial charge < -0.3 is 10.1 Å². The summed E-state index contributed by atoms with van der Waals surface area (Å²) in [5, 5.41) is 14.9. The molecule has 0 saturated heterocycles. The summed E-state index contributed by atoms with van der Waals surface area (Å²) in [5.41, 5.74) is 2.18. The fourth-order valence-corrected chi connectivity index (χ4v) is 4.67. The molecule has 4 aromatic rings. The third-order valence-corrected chi connectivity index (χ3v) is 6.45. The van der Waals surface area contributed by atoms with Crippen LogP contribution >= 0.6 is 43.5 Å². The van der Waals surface area contributed by atoms with Crippen LogP contribution in [0.2, 0.25) is 5.02 Å². The summed E-state index contributed by atoms with van der Waals surface area (Å²) in [5.74, 6) is -0.0158. The van der Waals surface area contributed by atoms with E-state index in [1.165, 1.54) is 6.08 Å². The molecule has 1 N–H and O–H groups in total. The molecule has 0 radical (unpaired) electrons. The first-order chi connectivity index (χ1) is 16.4. The summed E-state index contributed by atoms with van der Waals surface area (Å²) in [4.78, 5) is 12.6. The Labute approximate surface area is 219 Å². The molecular formula is C27H17Br2ClN2O2. The maximum atomic E-state index is 12.6. The summed E-state index contributed by atoms with van der Waals surface area (Å²) >= 11 is 13.4. The van der Waals surface area contributed by atoms with Gasteiger partial charge in [-0.05, 0) is 80.3 Å². The van der Waals surface area contributed by atoms with E-state index in [4.69, 9.17) is 16.3 Å². The number of halogens is 3. The number of fused-ring (bicyclic) bond motifs is 1. The third-order valence-electron chi connectivity index (χ3n) is 5.05. The van der Waals surface area contributed by atoms with E-state index in [2.05, 4.69) is 55.4 Å². The molecule has 0 bridgehead atoms. The van der Waals surface area contributed by atoms with Crippen molar-refractivity contribution in [3.05, 3.63) is 110 Å². The Morgan fingerprint density at radius 1 is 1.03 bits per heavy atom. The highest BCUT2D eigenvalue weighted by Crippen LogP contribution is 2.36. The summed E-state index contributed by atoms with van der Waals surface area (Å²) < 4.78 is 7.55. The summed E-state index contributed by atoms with van der Waals surface area (Å²) in [7, 11) is 0. The number of ether oxygens (including phenoxy) is 1. The second-order valence-electron chi connectivity index (χ2n) is 7.37. The van der Waals surface area contributed by atoms with Crippen molar-refractivity contribution < 1.29 is 9.53 Å². The van der Waals surface area contributed by atoms with Gasteiger partial charge in [0.15, 0.2) is 5.75 Å². The fraction of sp³-hybridized carbons (Fsp3) is 0.0370. The van der Waals surface area contributed by atoms with Crippen molar-refractivity contribution in [2.75, 3.05) is 5.32 Å².